The lowest BCUT2D eigenvalue weighted by molar-refractivity contribution is 0.965. The van der Waals surface area contributed by atoms with Gasteiger partial charge < -0.3 is 5.32 Å². The first-order valence-corrected chi connectivity index (χ1v) is 6.34. The molecule has 0 bridgehead atoms. The third-order valence-corrected chi connectivity index (χ3v) is 2.88. The fourth-order valence-electron chi connectivity index (χ4n) is 1.96. The van der Waals surface area contributed by atoms with Gasteiger partial charge in [0.1, 0.15) is 12.1 Å². The van der Waals surface area contributed by atoms with E-state index in [1.165, 1.54) is 16.7 Å². The van der Waals surface area contributed by atoms with E-state index in [2.05, 4.69) is 54.3 Å². The number of aryl methyl sites for hydroxylation is 2. The van der Waals surface area contributed by atoms with Gasteiger partial charge in [-0.2, -0.15) is 0 Å². The molecule has 0 aliphatic rings. The Morgan fingerprint density at radius 1 is 1.11 bits per heavy atom. The third kappa shape index (κ3) is 2.86. The molecule has 1 aromatic carbocycles. The molecule has 3 heteroatoms. The van der Waals surface area contributed by atoms with Gasteiger partial charge in [0.15, 0.2) is 0 Å². The minimum Gasteiger partial charge on any atom is -0.370 e. The van der Waals surface area contributed by atoms with E-state index < -0.39 is 0 Å². The quantitative estimate of drug-likeness (QED) is 0.889. The van der Waals surface area contributed by atoms with E-state index in [-0.39, 0.29) is 0 Å². The molecule has 0 saturated heterocycles. The summed E-state index contributed by atoms with van der Waals surface area (Å²) in [6, 6.07) is 8.42. The summed E-state index contributed by atoms with van der Waals surface area (Å²) in [5.74, 6) is 0.891. The summed E-state index contributed by atoms with van der Waals surface area (Å²) in [5.41, 5.74) is 4.66. The maximum Gasteiger partial charge on any atom is 0.129 e. The van der Waals surface area contributed by atoms with Crippen LogP contribution in [0.2, 0.25) is 0 Å². The number of nitrogens with one attached hydrogen (secondary N) is 1. The van der Waals surface area contributed by atoms with Crippen molar-refractivity contribution in [2.45, 2.75) is 27.2 Å². The van der Waals surface area contributed by atoms with Crippen molar-refractivity contribution < 1.29 is 0 Å². The predicted molar refractivity (Wildman–Crippen MR) is 75.7 cm³/mol. The Labute approximate surface area is 108 Å². The molecule has 1 aromatic heterocycles. The van der Waals surface area contributed by atoms with Crippen molar-refractivity contribution in [2.24, 2.45) is 0 Å². The molecule has 0 aliphatic carbocycles. The summed E-state index contributed by atoms with van der Waals surface area (Å²) in [6.45, 7) is 7.29. The van der Waals surface area contributed by atoms with E-state index >= 15 is 0 Å². The first-order valence-electron chi connectivity index (χ1n) is 6.34. The number of hydrogen-bond donors (Lipinski definition) is 1. The topological polar surface area (TPSA) is 37.8 Å². The number of benzene rings is 1. The molecule has 0 spiro atoms. The van der Waals surface area contributed by atoms with Crippen LogP contribution < -0.4 is 5.32 Å². The van der Waals surface area contributed by atoms with Crippen LogP contribution in [0, 0.1) is 13.8 Å². The maximum absolute atomic E-state index is 4.36. The van der Waals surface area contributed by atoms with Crippen LogP contribution in [0.3, 0.4) is 0 Å². The number of nitrogens with zero attached hydrogens (tertiary/aromatic N) is 2. The Bertz CT molecular complexity index is 535. The second-order valence-electron chi connectivity index (χ2n) is 4.53. The van der Waals surface area contributed by atoms with Gasteiger partial charge in [-0.15, -0.1) is 0 Å². The van der Waals surface area contributed by atoms with Crippen molar-refractivity contribution in [1.82, 2.24) is 9.97 Å². The van der Waals surface area contributed by atoms with Crippen LogP contribution in [0.25, 0.3) is 11.3 Å². The molecule has 0 unspecified atom stereocenters. The fourth-order valence-corrected chi connectivity index (χ4v) is 1.96. The molecule has 2 aromatic rings. The molecular formula is C15H19N3. The van der Waals surface area contributed by atoms with Crippen LogP contribution in [-0.4, -0.2) is 16.5 Å². The van der Waals surface area contributed by atoms with Gasteiger partial charge in [0, 0.05) is 18.2 Å². The normalized spacial score (nSPS) is 10.4. The SMILES string of the molecule is CCCNc1cc(-c2ccc(C)cc2C)ncn1. The zero-order valence-electron chi connectivity index (χ0n) is 11.2. The highest BCUT2D eigenvalue weighted by atomic mass is 15.0. The van der Waals surface area contributed by atoms with Crippen molar-refractivity contribution in [2.75, 3.05) is 11.9 Å². The molecule has 0 fully saturated rings. The Morgan fingerprint density at radius 2 is 1.94 bits per heavy atom. The summed E-state index contributed by atoms with van der Waals surface area (Å²) in [7, 11) is 0. The van der Waals surface area contributed by atoms with E-state index in [1.807, 2.05) is 6.07 Å². The summed E-state index contributed by atoms with van der Waals surface area (Å²) < 4.78 is 0. The lowest BCUT2D eigenvalue weighted by atomic mass is 10.0. The third-order valence-electron chi connectivity index (χ3n) is 2.88. The zero-order chi connectivity index (χ0) is 13.0. The van der Waals surface area contributed by atoms with E-state index in [0.717, 1.165) is 24.5 Å². The van der Waals surface area contributed by atoms with Crippen molar-refractivity contribution >= 4 is 5.82 Å². The molecule has 18 heavy (non-hydrogen) atoms. The number of hydrogen-bond acceptors (Lipinski definition) is 3. The fraction of sp³-hybridized carbons (Fsp3) is 0.333. The zero-order valence-corrected chi connectivity index (χ0v) is 11.2. The largest absolute Gasteiger partial charge is 0.370 e. The molecule has 2 rings (SSSR count). The van der Waals surface area contributed by atoms with Crippen LogP contribution in [0.15, 0.2) is 30.6 Å². The van der Waals surface area contributed by atoms with Crippen molar-refractivity contribution in [1.29, 1.82) is 0 Å². The van der Waals surface area contributed by atoms with Crippen LogP contribution in [-0.2, 0) is 0 Å². The Morgan fingerprint density at radius 3 is 2.67 bits per heavy atom. The van der Waals surface area contributed by atoms with Crippen molar-refractivity contribution in [3.8, 4) is 11.3 Å². The van der Waals surface area contributed by atoms with Crippen LogP contribution in [0.1, 0.15) is 24.5 Å². The lowest BCUT2D eigenvalue weighted by Crippen LogP contribution is -2.02. The smallest absolute Gasteiger partial charge is 0.129 e. The molecule has 0 atom stereocenters. The van der Waals surface area contributed by atoms with Crippen LogP contribution >= 0.6 is 0 Å². The minimum atomic E-state index is 0.891. The van der Waals surface area contributed by atoms with Gasteiger partial charge in [-0.3, -0.25) is 0 Å². The second-order valence-corrected chi connectivity index (χ2v) is 4.53. The van der Waals surface area contributed by atoms with E-state index in [1.54, 1.807) is 6.33 Å². The maximum atomic E-state index is 4.36. The molecule has 0 saturated carbocycles. The van der Waals surface area contributed by atoms with Crippen molar-refractivity contribution in [3.63, 3.8) is 0 Å². The molecule has 1 heterocycles. The van der Waals surface area contributed by atoms with E-state index in [9.17, 15) is 0 Å². The highest BCUT2D eigenvalue weighted by molar-refractivity contribution is 5.66. The standard InChI is InChI=1S/C15H19N3/c1-4-7-16-15-9-14(17-10-18-15)13-6-5-11(2)8-12(13)3/h5-6,8-10H,4,7H2,1-3H3,(H,16,17,18). The lowest BCUT2D eigenvalue weighted by Gasteiger charge is -2.08. The molecule has 0 radical (unpaired) electrons. The van der Waals surface area contributed by atoms with Crippen LogP contribution in [0.4, 0.5) is 5.82 Å². The molecule has 0 aliphatic heterocycles. The van der Waals surface area contributed by atoms with Gasteiger partial charge in [0.25, 0.3) is 0 Å². The van der Waals surface area contributed by atoms with Gasteiger partial charge in [0.05, 0.1) is 5.69 Å². The summed E-state index contributed by atoms with van der Waals surface area (Å²) in [6.07, 6.45) is 2.70. The summed E-state index contributed by atoms with van der Waals surface area (Å²) in [5, 5.41) is 3.28. The highest BCUT2D eigenvalue weighted by Gasteiger charge is 2.04. The molecule has 3 nitrogen and oxygen atoms in total. The molecular weight excluding hydrogens is 222 g/mol. The Hall–Kier alpha value is -1.90. The van der Waals surface area contributed by atoms with Gasteiger partial charge in [0.2, 0.25) is 0 Å². The van der Waals surface area contributed by atoms with Gasteiger partial charge >= 0.3 is 0 Å². The van der Waals surface area contributed by atoms with Crippen molar-refractivity contribution in [3.05, 3.63) is 41.7 Å². The van der Waals surface area contributed by atoms with Gasteiger partial charge in [-0.25, -0.2) is 9.97 Å². The monoisotopic (exact) mass is 241 g/mol. The highest BCUT2D eigenvalue weighted by Crippen LogP contribution is 2.23. The average molecular weight is 241 g/mol. The second kappa shape index (κ2) is 5.63. The first-order chi connectivity index (χ1) is 8.70. The van der Waals surface area contributed by atoms with E-state index in [0.29, 0.717) is 0 Å². The number of rotatable bonds is 4. The number of aromatic nitrogens is 2. The molecule has 94 valence electrons. The van der Waals surface area contributed by atoms with Gasteiger partial charge in [-0.1, -0.05) is 30.7 Å². The predicted octanol–water partition coefficient (Wildman–Crippen LogP) is 3.58. The summed E-state index contributed by atoms with van der Waals surface area (Å²) in [4.78, 5) is 8.58. The van der Waals surface area contributed by atoms with E-state index in [4.69, 9.17) is 0 Å². The average Bonchev–Trinajstić information content (AvgIpc) is 2.36. The number of anilines is 1. The minimum absolute atomic E-state index is 0.891. The Balaban J connectivity index is 2.32. The van der Waals surface area contributed by atoms with Gasteiger partial charge in [-0.05, 0) is 25.8 Å². The van der Waals surface area contributed by atoms with Crippen LogP contribution in [0.5, 0.6) is 0 Å². The molecule has 1 N–H and O–H groups in total. The first kappa shape index (κ1) is 12.6. The summed E-state index contributed by atoms with van der Waals surface area (Å²) >= 11 is 0. The molecule has 0 amide bonds. The Kier molecular flexibility index (Phi) is 3.92.